The molecule has 3 rings (SSSR count). The molecule has 2 aromatic rings. The van der Waals surface area contributed by atoms with Crippen LogP contribution in [0.1, 0.15) is 25.5 Å². The van der Waals surface area contributed by atoms with Crippen molar-refractivity contribution in [3.63, 3.8) is 0 Å². The van der Waals surface area contributed by atoms with Gasteiger partial charge in [0.25, 0.3) is 0 Å². The summed E-state index contributed by atoms with van der Waals surface area (Å²) in [5, 5.41) is 6.47. The van der Waals surface area contributed by atoms with Gasteiger partial charge in [0.1, 0.15) is 0 Å². The molecule has 1 unspecified atom stereocenters. The van der Waals surface area contributed by atoms with Gasteiger partial charge in [0.2, 0.25) is 0 Å². The fourth-order valence-electron chi connectivity index (χ4n) is 2.55. The summed E-state index contributed by atoms with van der Waals surface area (Å²) in [6.45, 7) is 4.68. The number of hydrogen-bond donors (Lipinski definition) is 0. The molecular weight excluding hydrogens is 532 g/mol. The number of ether oxygens (including phenoxy) is 1. The summed E-state index contributed by atoms with van der Waals surface area (Å²) in [5.74, 6) is 0. The molecule has 1 aromatic carbocycles. The molecule has 0 amide bonds. The molecular formula is C14H14BrClN2OTl. The van der Waals surface area contributed by atoms with Gasteiger partial charge in [0.05, 0.1) is 0 Å². The predicted octanol–water partition coefficient (Wildman–Crippen LogP) is 3.62. The van der Waals surface area contributed by atoms with Crippen LogP contribution in [0.25, 0.3) is 10.9 Å². The summed E-state index contributed by atoms with van der Waals surface area (Å²) in [5.41, 5.74) is 1.05. The van der Waals surface area contributed by atoms with Crippen LogP contribution >= 0.6 is 27.5 Å². The molecule has 0 aliphatic carbocycles. The molecule has 20 heavy (non-hydrogen) atoms. The average molecular weight is 546 g/mol. The molecule has 1 aliphatic heterocycles. The van der Waals surface area contributed by atoms with E-state index in [0.717, 1.165) is 39.8 Å². The fourth-order valence-corrected chi connectivity index (χ4v) is 8.13. The molecule has 1 aliphatic rings. The van der Waals surface area contributed by atoms with Crippen molar-refractivity contribution in [2.45, 2.75) is 25.5 Å². The van der Waals surface area contributed by atoms with Crippen molar-refractivity contribution < 1.29 is 4.74 Å². The van der Waals surface area contributed by atoms with E-state index in [2.05, 4.69) is 31.2 Å². The Balaban J connectivity index is 2.10. The van der Waals surface area contributed by atoms with E-state index >= 15 is 0 Å². The third-order valence-electron chi connectivity index (χ3n) is 3.54. The van der Waals surface area contributed by atoms with E-state index in [1.807, 2.05) is 16.9 Å². The number of halogens is 2. The van der Waals surface area contributed by atoms with E-state index < -0.39 is 24.2 Å². The maximum atomic E-state index is 6.45. The first-order valence-corrected chi connectivity index (χ1v) is 12.7. The van der Waals surface area contributed by atoms with Crippen molar-refractivity contribution in [1.82, 2.24) is 9.78 Å². The minimum absolute atomic E-state index is 0.0397. The van der Waals surface area contributed by atoms with Gasteiger partial charge in [0, 0.05) is 0 Å². The van der Waals surface area contributed by atoms with Crippen molar-refractivity contribution in [3.05, 3.63) is 32.0 Å². The van der Waals surface area contributed by atoms with Crippen LogP contribution in [0.3, 0.4) is 0 Å². The van der Waals surface area contributed by atoms with Gasteiger partial charge >= 0.3 is 144 Å². The van der Waals surface area contributed by atoms with Crippen LogP contribution in [-0.2, 0) is 4.74 Å². The first kappa shape index (κ1) is 15.0. The Hall–Kier alpha value is 0.0821. The molecule has 0 bridgehead atoms. The van der Waals surface area contributed by atoms with Gasteiger partial charge in [-0.15, -0.1) is 0 Å². The summed E-state index contributed by atoms with van der Waals surface area (Å²) >= 11 is 8.96. The molecule has 0 N–H and O–H groups in total. The average Bonchev–Trinajstić information content (AvgIpc) is 2.88. The van der Waals surface area contributed by atoms with Gasteiger partial charge in [-0.2, -0.15) is 0 Å². The Bertz CT molecular complexity index is 652. The topological polar surface area (TPSA) is 27.1 Å². The number of nitrogens with zero attached hydrogens (tertiary/aromatic N) is 2. The molecule has 1 aromatic heterocycles. The van der Waals surface area contributed by atoms with E-state index in [0.29, 0.717) is 0 Å². The Labute approximate surface area is 143 Å². The van der Waals surface area contributed by atoms with E-state index in [1.54, 1.807) is 0 Å². The molecule has 0 spiro atoms. The van der Waals surface area contributed by atoms with Gasteiger partial charge in [-0.25, -0.2) is 0 Å². The number of rotatable bonds is 3. The van der Waals surface area contributed by atoms with Crippen LogP contribution in [0.15, 0.2) is 27.0 Å². The van der Waals surface area contributed by atoms with E-state index in [9.17, 15) is 0 Å². The second-order valence-electron chi connectivity index (χ2n) is 4.83. The standard InChI is InChI=1S/C12H11BrClN2O.C2H3.Tl/c13-10-5-8(14)6-11-9(10)7-15-16(11)12-3-1-2-4-17-12;1-2;/h6-7,12H,1-4H2;1H,2H2;. The summed E-state index contributed by atoms with van der Waals surface area (Å²) in [6, 6.07) is 2.03. The maximum absolute atomic E-state index is 6.45. The Morgan fingerprint density at radius 2 is 2.40 bits per heavy atom. The van der Waals surface area contributed by atoms with Crippen LogP contribution in [0, 0.1) is 0 Å². The van der Waals surface area contributed by atoms with Crippen LogP contribution in [-0.4, -0.2) is 40.6 Å². The SMILES string of the molecule is C=[CH][Tl][c]1c(Cl)cc2c(cnn2C2CCCCO2)c1Br. The van der Waals surface area contributed by atoms with Crippen molar-refractivity contribution in [2.75, 3.05) is 6.61 Å². The minimum atomic E-state index is -1.18. The third kappa shape index (κ3) is 2.72. The molecule has 1 atom stereocenters. The van der Waals surface area contributed by atoms with Gasteiger partial charge in [-0.1, -0.05) is 0 Å². The summed E-state index contributed by atoms with van der Waals surface area (Å²) in [7, 11) is 0. The van der Waals surface area contributed by atoms with Crippen molar-refractivity contribution >= 4 is 65.8 Å². The van der Waals surface area contributed by atoms with Gasteiger partial charge in [-0.05, 0) is 0 Å². The van der Waals surface area contributed by atoms with Crippen LogP contribution in [0.2, 0.25) is 5.02 Å². The Morgan fingerprint density at radius 1 is 1.55 bits per heavy atom. The quantitative estimate of drug-likeness (QED) is 0.551. The number of aromatic nitrogens is 2. The Kier molecular flexibility index (Phi) is 4.84. The van der Waals surface area contributed by atoms with Crippen LogP contribution < -0.4 is 3.12 Å². The van der Waals surface area contributed by atoms with E-state index in [1.165, 1.54) is 9.54 Å². The van der Waals surface area contributed by atoms with Crippen LogP contribution in [0.4, 0.5) is 0 Å². The van der Waals surface area contributed by atoms with Gasteiger partial charge in [-0.3, -0.25) is 0 Å². The summed E-state index contributed by atoms with van der Waals surface area (Å²) in [6.07, 6.45) is 5.29. The molecule has 6 heteroatoms. The van der Waals surface area contributed by atoms with E-state index in [4.69, 9.17) is 16.3 Å². The predicted molar refractivity (Wildman–Crippen MR) is 86.9 cm³/mol. The zero-order valence-corrected chi connectivity index (χ0v) is 17.8. The zero-order chi connectivity index (χ0) is 14.1. The summed E-state index contributed by atoms with van der Waals surface area (Å²) in [4.78, 5) is 0. The molecule has 103 valence electrons. The Morgan fingerprint density at radius 3 is 3.10 bits per heavy atom. The molecule has 3 nitrogen and oxygen atoms in total. The number of benzene rings is 1. The fraction of sp³-hybridized carbons (Fsp3) is 0.357. The zero-order valence-electron chi connectivity index (χ0n) is 11.0. The number of hydrogen-bond acceptors (Lipinski definition) is 2. The first-order chi connectivity index (χ1) is 9.72. The normalized spacial score (nSPS) is 19.0. The van der Waals surface area contributed by atoms with Gasteiger partial charge < -0.3 is 0 Å². The summed E-state index contributed by atoms with van der Waals surface area (Å²) < 4.78 is 12.2. The van der Waals surface area contributed by atoms with Crippen molar-refractivity contribution in [2.24, 2.45) is 0 Å². The third-order valence-corrected chi connectivity index (χ3v) is 11.6. The second-order valence-corrected chi connectivity index (χ2v) is 11.4. The second kappa shape index (κ2) is 6.46. The molecule has 0 radical (unpaired) electrons. The van der Waals surface area contributed by atoms with Crippen molar-refractivity contribution in [1.29, 1.82) is 0 Å². The van der Waals surface area contributed by atoms with Gasteiger partial charge in [0.15, 0.2) is 0 Å². The first-order valence-electron chi connectivity index (χ1n) is 6.65. The molecule has 0 saturated carbocycles. The van der Waals surface area contributed by atoms with Crippen molar-refractivity contribution in [3.8, 4) is 0 Å². The molecule has 1 saturated heterocycles. The molecule has 1 fully saturated rings. The van der Waals surface area contributed by atoms with E-state index in [-0.39, 0.29) is 6.23 Å². The number of fused-ring (bicyclic) bond motifs is 1. The molecule has 2 heterocycles. The monoisotopic (exact) mass is 545 g/mol. The van der Waals surface area contributed by atoms with Crippen LogP contribution in [0.5, 0.6) is 0 Å².